The van der Waals surface area contributed by atoms with E-state index in [4.69, 9.17) is 0 Å². The van der Waals surface area contributed by atoms with Crippen molar-refractivity contribution in [2.24, 2.45) is 0 Å². The van der Waals surface area contributed by atoms with Gasteiger partial charge < -0.3 is 5.11 Å². The Bertz CT molecular complexity index is 1260. The van der Waals surface area contributed by atoms with Crippen LogP contribution in [0.2, 0.25) is 0 Å². The van der Waals surface area contributed by atoms with Gasteiger partial charge in [-0.25, -0.2) is 14.1 Å². The van der Waals surface area contributed by atoms with Crippen molar-refractivity contribution in [3.05, 3.63) is 75.7 Å². The van der Waals surface area contributed by atoms with Crippen LogP contribution < -0.4 is 5.56 Å². The molecule has 0 saturated heterocycles. The minimum absolute atomic E-state index is 0.0682. The van der Waals surface area contributed by atoms with Crippen molar-refractivity contribution in [2.45, 2.75) is 20.8 Å². The van der Waals surface area contributed by atoms with Gasteiger partial charge in [-0.05, 0) is 56.7 Å². The van der Waals surface area contributed by atoms with E-state index in [1.54, 1.807) is 36.0 Å². The van der Waals surface area contributed by atoms with Crippen molar-refractivity contribution >= 4 is 5.65 Å². The van der Waals surface area contributed by atoms with Gasteiger partial charge in [0.1, 0.15) is 11.5 Å². The Kier molecular flexibility index (Phi) is 3.80. The standard InChI is InChI=1S/C20H17FN4O2/c1-11-6-7-14(21)10-16(11)25-12(2)9-15(23-25)18-13(3)22-19-17(26)5-4-8-24(19)20(18)27/h4-10,26H,1-3H3. The zero-order valence-corrected chi connectivity index (χ0v) is 15.1. The molecule has 0 aliphatic rings. The zero-order chi connectivity index (χ0) is 19.3. The molecule has 0 fully saturated rings. The fourth-order valence-electron chi connectivity index (χ4n) is 3.20. The Labute approximate surface area is 154 Å². The molecular weight excluding hydrogens is 347 g/mol. The van der Waals surface area contributed by atoms with Gasteiger partial charge in [0.05, 0.1) is 16.9 Å². The molecular formula is C20H17FN4O2. The Hall–Kier alpha value is -3.48. The fraction of sp³-hybridized carbons (Fsp3) is 0.150. The van der Waals surface area contributed by atoms with Crippen molar-refractivity contribution in [3.8, 4) is 22.7 Å². The van der Waals surface area contributed by atoms with E-state index in [1.807, 2.05) is 13.8 Å². The molecule has 0 amide bonds. The first-order chi connectivity index (χ1) is 12.9. The predicted octanol–water partition coefficient (Wildman–Crippen LogP) is 3.32. The Balaban J connectivity index is 1.96. The van der Waals surface area contributed by atoms with E-state index in [1.165, 1.54) is 22.6 Å². The maximum Gasteiger partial charge on any atom is 0.267 e. The molecule has 1 aromatic carbocycles. The third kappa shape index (κ3) is 2.68. The summed E-state index contributed by atoms with van der Waals surface area (Å²) in [6, 6.07) is 9.32. The van der Waals surface area contributed by atoms with Gasteiger partial charge in [-0.3, -0.25) is 9.20 Å². The molecule has 0 spiro atoms. The summed E-state index contributed by atoms with van der Waals surface area (Å²) in [6.07, 6.45) is 1.55. The second-order valence-electron chi connectivity index (χ2n) is 6.48. The third-order valence-corrected chi connectivity index (χ3v) is 4.56. The fourth-order valence-corrected chi connectivity index (χ4v) is 3.20. The number of aryl methyl sites for hydroxylation is 3. The molecule has 4 aromatic rings. The number of fused-ring (bicyclic) bond motifs is 1. The Morgan fingerprint density at radius 1 is 1.11 bits per heavy atom. The van der Waals surface area contributed by atoms with Crippen LogP contribution in [0.15, 0.2) is 47.4 Å². The number of halogens is 1. The second-order valence-corrected chi connectivity index (χ2v) is 6.48. The number of hydrogen-bond acceptors (Lipinski definition) is 4. The summed E-state index contributed by atoms with van der Waals surface area (Å²) in [6.45, 7) is 5.41. The minimum Gasteiger partial charge on any atom is -0.504 e. The van der Waals surface area contributed by atoms with E-state index >= 15 is 0 Å². The van der Waals surface area contributed by atoms with Crippen LogP contribution in [0.25, 0.3) is 22.6 Å². The van der Waals surface area contributed by atoms with Crippen LogP contribution in [0.4, 0.5) is 4.39 Å². The first kappa shape index (κ1) is 17.0. The summed E-state index contributed by atoms with van der Waals surface area (Å²) in [5.41, 5.74) is 3.36. The quantitative estimate of drug-likeness (QED) is 0.592. The number of rotatable bonds is 2. The molecule has 4 rings (SSSR count). The average molecular weight is 364 g/mol. The molecule has 0 radical (unpaired) electrons. The smallest absolute Gasteiger partial charge is 0.267 e. The summed E-state index contributed by atoms with van der Waals surface area (Å²) in [5.74, 6) is -0.424. The maximum atomic E-state index is 13.7. The van der Waals surface area contributed by atoms with Gasteiger partial charge in [-0.15, -0.1) is 0 Å². The van der Waals surface area contributed by atoms with Crippen molar-refractivity contribution in [1.29, 1.82) is 0 Å². The largest absolute Gasteiger partial charge is 0.504 e. The monoisotopic (exact) mass is 364 g/mol. The van der Waals surface area contributed by atoms with Crippen LogP contribution in [0.1, 0.15) is 17.0 Å². The zero-order valence-electron chi connectivity index (χ0n) is 15.1. The van der Waals surface area contributed by atoms with E-state index in [0.29, 0.717) is 22.6 Å². The van der Waals surface area contributed by atoms with Crippen molar-refractivity contribution in [1.82, 2.24) is 19.2 Å². The molecule has 0 bridgehead atoms. The molecule has 1 N–H and O–H groups in total. The molecule has 3 heterocycles. The molecule has 136 valence electrons. The normalized spacial score (nSPS) is 11.3. The second kappa shape index (κ2) is 6.05. The summed E-state index contributed by atoms with van der Waals surface area (Å²) < 4.78 is 16.6. The number of aromatic hydroxyl groups is 1. The molecule has 0 aliphatic carbocycles. The summed E-state index contributed by atoms with van der Waals surface area (Å²) in [5, 5.41) is 14.5. The average Bonchev–Trinajstić information content (AvgIpc) is 2.99. The lowest BCUT2D eigenvalue weighted by molar-refractivity contribution is 0.476. The van der Waals surface area contributed by atoms with Crippen molar-refractivity contribution in [3.63, 3.8) is 0 Å². The number of benzene rings is 1. The van der Waals surface area contributed by atoms with E-state index in [0.717, 1.165) is 11.3 Å². The maximum absolute atomic E-state index is 13.7. The summed E-state index contributed by atoms with van der Waals surface area (Å²) >= 11 is 0. The van der Waals surface area contributed by atoms with E-state index in [2.05, 4.69) is 10.1 Å². The van der Waals surface area contributed by atoms with Gasteiger partial charge in [0, 0.05) is 11.9 Å². The highest BCUT2D eigenvalue weighted by Crippen LogP contribution is 2.24. The molecule has 0 saturated carbocycles. The minimum atomic E-state index is -0.355. The first-order valence-electron chi connectivity index (χ1n) is 8.41. The van der Waals surface area contributed by atoms with Crippen molar-refractivity contribution < 1.29 is 9.50 Å². The highest BCUT2D eigenvalue weighted by molar-refractivity contribution is 5.65. The highest BCUT2D eigenvalue weighted by atomic mass is 19.1. The van der Waals surface area contributed by atoms with Crippen molar-refractivity contribution in [2.75, 3.05) is 0 Å². The highest BCUT2D eigenvalue weighted by Gasteiger charge is 2.18. The van der Waals surface area contributed by atoms with Gasteiger partial charge in [0.15, 0.2) is 11.4 Å². The Morgan fingerprint density at radius 3 is 2.67 bits per heavy atom. The molecule has 3 aromatic heterocycles. The topological polar surface area (TPSA) is 72.4 Å². The van der Waals surface area contributed by atoms with Crippen LogP contribution in [0.3, 0.4) is 0 Å². The van der Waals surface area contributed by atoms with Crippen LogP contribution in [0.5, 0.6) is 5.75 Å². The molecule has 27 heavy (non-hydrogen) atoms. The van der Waals surface area contributed by atoms with Gasteiger partial charge in [-0.2, -0.15) is 5.10 Å². The van der Waals surface area contributed by atoms with Gasteiger partial charge >= 0.3 is 0 Å². The number of aromatic nitrogens is 4. The summed E-state index contributed by atoms with van der Waals surface area (Å²) in [7, 11) is 0. The SMILES string of the molecule is Cc1ccc(F)cc1-n1nc(-c2c(C)nc3c(O)cccn3c2=O)cc1C. The molecule has 0 unspecified atom stereocenters. The molecule has 0 atom stereocenters. The van der Waals surface area contributed by atoms with Crippen LogP contribution in [-0.2, 0) is 0 Å². The number of hydrogen-bond donors (Lipinski definition) is 1. The predicted molar refractivity (Wildman–Crippen MR) is 99.9 cm³/mol. The molecule has 6 nitrogen and oxygen atoms in total. The number of nitrogens with zero attached hydrogens (tertiary/aromatic N) is 4. The van der Waals surface area contributed by atoms with Crippen LogP contribution >= 0.6 is 0 Å². The van der Waals surface area contributed by atoms with Gasteiger partial charge in [-0.1, -0.05) is 6.07 Å². The van der Waals surface area contributed by atoms with Crippen LogP contribution in [-0.4, -0.2) is 24.3 Å². The van der Waals surface area contributed by atoms with E-state index in [-0.39, 0.29) is 22.8 Å². The van der Waals surface area contributed by atoms with E-state index < -0.39 is 0 Å². The third-order valence-electron chi connectivity index (χ3n) is 4.56. The lowest BCUT2D eigenvalue weighted by atomic mass is 10.1. The van der Waals surface area contributed by atoms with Gasteiger partial charge in [0.25, 0.3) is 5.56 Å². The number of pyridine rings is 1. The molecule has 0 aliphatic heterocycles. The van der Waals surface area contributed by atoms with Gasteiger partial charge in [0.2, 0.25) is 0 Å². The van der Waals surface area contributed by atoms with E-state index in [9.17, 15) is 14.3 Å². The molecule has 7 heteroatoms. The Morgan fingerprint density at radius 2 is 1.89 bits per heavy atom. The van der Waals surface area contributed by atoms with Crippen LogP contribution in [0, 0.1) is 26.6 Å². The first-order valence-corrected chi connectivity index (χ1v) is 8.41. The summed E-state index contributed by atoms with van der Waals surface area (Å²) in [4.78, 5) is 17.3. The lowest BCUT2D eigenvalue weighted by Gasteiger charge is -2.09. The lowest BCUT2D eigenvalue weighted by Crippen LogP contribution is -2.19.